The zero-order valence-electron chi connectivity index (χ0n) is 33.6. The van der Waals surface area contributed by atoms with Crippen molar-refractivity contribution in [1.82, 2.24) is 18.3 Å². The average Bonchev–Trinajstić information content (AvgIpc) is 3.90. The second kappa shape index (κ2) is 11.7. The van der Waals surface area contributed by atoms with Gasteiger partial charge < -0.3 is 9.13 Å². The molecule has 0 atom stereocenters. The van der Waals surface area contributed by atoms with Crippen molar-refractivity contribution >= 4 is 55.0 Å². The molecule has 0 amide bonds. The number of benzene rings is 8. The van der Waals surface area contributed by atoms with E-state index in [0.29, 0.717) is 0 Å². The van der Waals surface area contributed by atoms with Crippen LogP contribution in [-0.2, 0) is 14.1 Å². The minimum Gasteiger partial charge on any atom is -0.344 e. The van der Waals surface area contributed by atoms with Crippen LogP contribution in [0.3, 0.4) is 0 Å². The van der Waals surface area contributed by atoms with Gasteiger partial charge in [-0.15, -0.1) is 0 Å². The molecule has 2 aliphatic heterocycles. The van der Waals surface area contributed by atoms with Crippen LogP contribution in [0, 0.1) is 24.3 Å². The van der Waals surface area contributed by atoms with Crippen LogP contribution in [0.4, 0.5) is 11.4 Å². The Balaban J connectivity index is 0.972. The lowest BCUT2D eigenvalue weighted by molar-refractivity contribution is 0.918. The molecule has 0 saturated carbocycles. The molecule has 4 nitrogen and oxygen atoms in total. The van der Waals surface area contributed by atoms with Gasteiger partial charge >= 0.3 is 0 Å². The largest absolute Gasteiger partial charge is 0.344 e. The van der Waals surface area contributed by atoms with E-state index in [-0.39, 0.29) is 0 Å². The Hall–Kier alpha value is -7.04. The summed E-state index contributed by atoms with van der Waals surface area (Å²) in [6.07, 6.45) is 0. The molecule has 0 aliphatic carbocycles. The molecule has 276 valence electrons. The molecule has 10 aromatic rings. The fraction of sp³-hybridized carbons (Fsp3) is 0.111. The zero-order valence-corrected chi connectivity index (χ0v) is 33.6. The summed E-state index contributed by atoms with van der Waals surface area (Å²) in [4.78, 5) is 0. The van der Waals surface area contributed by atoms with Crippen LogP contribution in [0.5, 0.6) is 0 Å². The molecule has 58 heavy (non-hydrogen) atoms. The van der Waals surface area contributed by atoms with Crippen LogP contribution >= 0.6 is 0 Å². The highest BCUT2D eigenvalue weighted by Crippen LogP contribution is 2.40. The third-order valence-electron chi connectivity index (χ3n) is 13.3. The first-order valence-corrected chi connectivity index (χ1v) is 20.2. The second-order valence-corrected chi connectivity index (χ2v) is 16.7. The van der Waals surface area contributed by atoms with Crippen molar-refractivity contribution in [3.05, 3.63) is 178 Å². The number of aryl methyl sites for hydroxylation is 4. The molecular formula is C54H42N4+2. The van der Waals surface area contributed by atoms with Crippen molar-refractivity contribution in [3.63, 3.8) is 0 Å². The van der Waals surface area contributed by atoms with E-state index in [2.05, 4.69) is 206 Å². The molecule has 0 fully saturated rings. The normalized spacial score (nSPS) is 13.6. The van der Waals surface area contributed by atoms with Crippen molar-refractivity contribution < 1.29 is 0 Å². The summed E-state index contributed by atoms with van der Waals surface area (Å²) in [6, 6.07) is 55.3. The van der Waals surface area contributed by atoms with Crippen molar-refractivity contribution in [2.24, 2.45) is 14.1 Å². The number of hydrogen-bond acceptors (Lipinski definition) is 0. The van der Waals surface area contributed by atoms with Gasteiger partial charge in [-0.1, -0.05) is 41.5 Å². The first-order valence-electron chi connectivity index (χ1n) is 20.2. The Morgan fingerprint density at radius 3 is 1.24 bits per heavy atom. The first kappa shape index (κ1) is 33.1. The summed E-state index contributed by atoms with van der Waals surface area (Å²) >= 11 is 0. The molecule has 0 N–H and O–H groups in total. The Bertz CT molecular complexity index is 3750. The molecule has 2 aliphatic rings. The highest BCUT2D eigenvalue weighted by Gasteiger charge is 2.27. The van der Waals surface area contributed by atoms with Crippen molar-refractivity contribution in [3.8, 4) is 44.5 Å². The third kappa shape index (κ3) is 4.57. The molecule has 12 rings (SSSR count). The van der Waals surface area contributed by atoms with E-state index in [1.165, 1.54) is 132 Å². The van der Waals surface area contributed by atoms with E-state index < -0.39 is 0 Å². The van der Waals surface area contributed by atoms with Gasteiger partial charge in [-0.2, -0.15) is 9.15 Å². The van der Waals surface area contributed by atoms with Crippen LogP contribution in [0.25, 0.3) is 88.1 Å². The minimum absolute atomic E-state index is 1.23. The van der Waals surface area contributed by atoms with Gasteiger partial charge in [-0.3, -0.25) is 0 Å². The number of aromatic nitrogens is 2. The topological polar surface area (TPSA) is 15.9 Å². The summed E-state index contributed by atoms with van der Waals surface area (Å²) in [5.74, 6) is 0. The first-order chi connectivity index (χ1) is 28.2. The Labute approximate surface area is 336 Å². The summed E-state index contributed by atoms with van der Waals surface area (Å²) in [5.41, 5.74) is 20.2. The SMILES string of the molecule is Cc1ccc2c(c1)-c1c/c(=c3\ccc4c(c3)-c3cc(-c5ccc6c(c5)c5cc(-c7ccc8c(c7)c7cc(C)ccc7n8C)ccc5n6C)ccc3[N+]=4C)ccc1=[N+]2C. The maximum absolute atomic E-state index is 2.40. The summed E-state index contributed by atoms with van der Waals surface area (Å²) in [5, 5.41) is 10.1. The Morgan fingerprint density at radius 2 is 0.724 bits per heavy atom. The fourth-order valence-electron chi connectivity index (χ4n) is 10.2. The van der Waals surface area contributed by atoms with Gasteiger partial charge in [0.15, 0.2) is 0 Å². The minimum atomic E-state index is 1.23. The Kier molecular flexibility index (Phi) is 6.71. The molecule has 2 aromatic heterocycles. The maximum Gasteiger partial charge on any atom is 0.213 e. The molecule has 0 saturated heterocycles. The molecule has 0 bridgehead atoms. The number of nitrogens with zero attached hydrogens (tertiary/aromatic N) is 4. The molecule has 0 unspecified atom stereocenters. The molecule has 0 radical (unpaired) electrons. The highest BCUT2D eigenvalue weighted by atomic mass is 15.0. The lowest BCUT2D eigenvalue weighted by Gasteiger charge is -2.06. The van der Waals surface area contributed by atoms with Gasteiger partial charge in [-0.05, 0) is 138 Å². The predicted molar refractivity (Wildman–Crippen MR) is 243 cm³/mol. The smallest absolute Gasteiger partial charge is 0.213 e. The average molecular weight is 747 g/mol. The Morgan fingerprint density at radius 1 is 0.345 bits per heavy atom. The standard InChI is InChI=1S/C54H42N4/c1-31-7-15-47-39(23-31)41-25-33(9-17-49(41)55(47)3)35-11-19-51-43(27-35)45-29-37(13-21-53(45)57(51)5)38-14-22-54-46(30-38)44-28-36(12-20-52(44)58(54)6)34-10-18-50-42(26-34)40-24-32(2)8-16-48(40)56(50)4/h7-30H,1-6H3/q+2. The maximum atomic E-state index is 2.40. The van der Waals surface area contributed by atoms with E-state index in [9.17, 15) is 0 Å². The van der Waals surface area contributed by atoms with Crippen molar-refractivity contribution in [2.75, 3.05) is 14.1 Å². The fourth-order valence-corrected chi connectivity index (χ4v) is 10.2. The quantitative estimate of drug-likeness (QED) is 0.157. The van der Waals surface area contributed by atoms with Crippen LogP contribution < -0.4 is 19.9 Å². The second-order valence-electron chi connectivity index (χ2n) is 16.7. The number of hydrogen-bond donors (Lipinski definition) is 0. The zero-order chi connectivity index (χ0) is 39.1. The molecule has 4 heteroatoms. The van der Waals surface area contributed by atoms with Crippen LogP contribution in [0.1, 0.15) is 11.1 Å². The lowest BCUT2D eigenvalue weighted by atomic mass is 9.96. The number of rotatable bonds is 2. The van der Waals surface area contributed by atoms with E-state index >= 15 is 0 Å². The predicted octanol–water partition coefficient (Wildman–Crippen LogP) is 11.1. The van der Waals surface area contributed by atoms with E-state index in [4.69, 9.17) is 0 Å². The summed E-state index contributed by atoms with van der Waals surface area (Å²) < 4.78 is 9.29. The van der Waals surface area contributed by atoms with E-state index in [1.807, 2.05) is 0 Å². The van der Waals surface area contributed by atoms with Crippen molar-refractivity contribution in [1.29, 1.82) is 0 Å². The van der Waals surface area contributed by atoms with Crippen molar-refractivity contribution in [2.45, 2.75) is 13.8 Å². The van der Waals surface area contributed by atoms with Gasteiger partial charge in [-0.25, -0.2) is 0 Å². The number of fused-ring (bicyclic) bond motifs is 12. The van der Waals surface area contributed by atoms with Gasteiger partial charge in [0.1, 0.15) is 14.1 Å². The molecule has 4 heterocycles. The van der Waals surface area contributed by atoms with Gasteiger partial charge in [0.25, 0.3) is 0 Å². The van der Waals surface area contributed by atoms with Gasteiger partial charge in [0.05, 0.1) is 22.3 Å². The highest BCUT2D eigenvalue weighted by molar-refractivity contribution is 6.12. The van der Waals surface area contributed by atoms with Gasteiger partial charge in [0.2, 0.25) is 22.1 Å². The third-order valence-corrected chi connectivity index (χ3v) is 13.3. The van der Waals surface area contributed by atoms with Crippen LogP contribution in [-0.4, -0.2) is 23.2 Å². The van der Waals surface area contributed by atoms with E-state index in [0.717, 1.165) is 0 Å². The molecule has 0 spiro atoms. The molecular weight excluding hydrogens is 705 g/mol. The van der Waals surface area contributed by atoms with Gasteiger partial charge in [0, 0.05) is 82.0 Å². The van der Waals surface area contributed by atoms with Crippen LogP contribution in [0.15, 0.2) is 146 Å². The monoisotopic (exact) mass is 746 g/mol. The van der Waals surface area contributed by atoms with E-state index in [1.54, 1.807) is 0 Å². The lowest BCUT2D eigenvalue weighted by Crippen LogP contribution is -2.17. The van der Waals surface area contributed by atoms with Crippen LogP contribution in [0.2, 0.25) is 0 Å². The summed E-state index contributed by atoms with van der Waals surface area (Å²) in [6.45, 7) is 4.35. The molecule has 8 aromatic carbocycles. The summed E-state index contributed by atoms with van der Waals surface area (Å²) in [7, 11) is 8.71.